The molecule has 5 nitrogen and oxygen atoms in total. The Bertz CT molecular complexity index is 1090. The second-order valence-corrected chi connectivity index (χ2v) is 7.48. The van der Waals surface area contributed by atoms with Crippen LogP contribution in [0, 0.1) is 13.8 Å². The molecule has 0 unspecified atom stereocenters. The Hall–Kier alpha value is -3.31. The summed E-state index contributed by atoms with van der Waals surface area (Å²) in [4.78, 5) is 10.6. The topological polar surface area (TPSA) is 46.8 Å². The van der Waals surface area contributed by atoms with Gasteiger partial charge in [-0.1, -0.05) is 42.5 Å². The number of rotatable bonds is 6. The third-order valence-electron chi connectivity index (χ3n) is 4.96. The van der Waals surface area contributed by atoms with E-state index in [2.05, 4.69) is 84.4 Å². The van der Waals surface area contributed by atoms with Crippen LogP contribution < -0.4 is 0 Å². The van der Waals surface area contributed by atoms with Crippen molar-refractivity contribution in [2.45, 2.75) is 26.9 Å². The van der Waals surface area contributed by atoms with Crippen LogP contribution in [0.4, 0.5) is 0 Å². The summed E-state index contributed by atoms with van der Waals surface area (Å²) < 4.78 is 2.01. The van der Waals surface area contributed by atoms with E-state index in [1.165, 1.54) is 16.7 Å². The molecular formula is C24H25N5. The van der Waals surface area contributed by atoms with Crippen LogP contribution in [0.5, 0.6) is 0 Å². The highest BCUT2D eigenvalue weighted by Gasteiger charge is 2.15. The highest BCUT2D eigenvalue weighted by atomic mass is 15.3. The van der Waals surface area contributed by atoms with Gasteiger partial charge in [0.25, 0.3) is 0 Å². The lowest BCUT2D eigenvalue weighted by atomic mass is 10.1. The summed E-state index contributed by atoms with van der Waals surface area (Å²) in [5.74, 6) is 0. The Labute approximate surface area is 171 Å². The minimum atomic E-state index is 0.755. The van der Waals surface area contributed by atoms with Crippen LogP contribution in [0.2, 0.25) is 0 Å². The second kappa shape index (κ2) is 8.37. The molecule has 4 rings (SSSR count). The maximum absolute atomic E-state index is 4.98. The number of aromatic nitrogens is 4. The Morgan fingerprint density at radius 1 is 0.966 bits per heavy atom. The van der Waals surface area contributed by atoms with Gasteiger partial charge in [0.2, 0.25) is 0 Å². The van der Waals surface area contributed by atoms with Crippen molar-refractivity contribution in [1.29, 1.82) is 0 Å². The Kier molecular flexibility index (Phi) is 5.49. The molecule has 0 saturated carbocycles. The lowest BCUT2D eigenvalue weighted by Gasteiger charge is -2.15. The van der Waals surface area contributed by atoms with Crippen molar-refractivity contribution in [1.82, 2.24) is 24.6 Å². The summed E-state index contributed by atoms with van der Waals surface area (Å²) >= 11 is 0. The highest BCUT2D eigenvalue weighted by molar-refractivity contribution is 5.63. The normalized spacial score (nSPS) is 11.2. The van der Waals surface area contributed by atoms with Crippen LogP contribution in [-0.4, -0.2) is 31.7 Å². The van der Waals surface area contributed by atoms with Crippen LogP contribution in [-0.2, 0) is 13.1 Å². The number of hydrogen-bond donors (Lipinski definition) is 0. The summed E-state index contributed by atoms with van der Waals surface area (Å²) in [6.45, 7) is 5.77. The first-order valence-electron chi connectivity index (χ1n) is 9.75. The van der Waals surface area contributed by atoms with Crippen molar-refractivity contribution in [3.05, 3.63) is 95.7 Å². The largest absolute Gasteiger partial charge is 0.296 e. The highest BCUT2D eigenvalue weighted by Crippen LogP contribution is 2.26. The van der Waals surface area contributed by atoms with Crippen molar-refractivity contribution < 1.29 is 0 Å². The average Bonchev–Trinajstić information content (AvgIpc) is 3.14. The first-order valence-corrected chi connectivity index (χ1v) is 9.75. The maximum Gasteiger partial charge on any atom is 0.115 e. The van der Waals surface area contributed by atoms with Gasteiger partial charge < -0.3 is 0 Å². The zero-order valence-corrected chi connectivity index (χ0v) is 17.1. The molecule has 0 radical (unpaired) electrons. The van der Waals surface area contributed by atoms with Crippen molar-refractivity contribution >= 4 is 0 Å². The van der Waals surface area contributed by atoms with E-state index in [0.717, 1.165) is 35.7 Å². The molecule has 2 aromatic heterocycles. The van der Waals surface area contributed by atoms with Gasteiger partial charge in [-0.25, -0.2) is 14.6 Å². The predicted molar refractivity (Wildman–Crippen MR) is 116 cm³/mol. The molecule has 0 aliphatic carbocycles. The van der Waals surface area contributed by atoms with Gasteiger partial charge in [0.1, 0.15) is 6.33 Å². The smallest absolute Gasteiger partial charge is 0.115 e. The molecule has 0 bridgehead atoms. The van der Waals surface area contributed by atoms with Gasteiger partial charge in [-0.3, -0.25) is 4.90 Å². The standard InChI is InChI=1S/C24H25N5/c1-18-9-10-19(2)23(13-18)29-15-21(24(27-29)20-7-5-4-6-8-20)14-28(3)16-22-11-12-25-17-26-22/h4-13,15,17H,14,16H2,1-3H3. The quantitative estimate of drug-likeness (QED) is 0.489. The monoisotopic (exact) mass is 383 g/mol. The van der Waals surface area contributed by atoms with Crippen LogP contribution >= 0.6 is 0 Å². The van der Waals surface area contributed by atoms with E-state index in [0.29, 0.717) is 0 Å². The lowest BCUT2D eigenvalue weighted by molar-refractivity contribution is 0.315. The summed E-state index contributed by atoms with van der Waals surface area (Å²) in [7, 11) is 2.10. The molecule has 2 aromatic carbocycles. The molecule has 0 saturated heterocycles. The van der Waals surface area contributed by atoms with E-state index in [-0.39, 0.29) is 0 Å². The van der Waals surface area contributed by atoms with Crippen molar-refractivity contribution in [3.63, 3.8) is 0 Å². The van der Waals surface area contributed by atoms with Gasteiger partial charge in [-0.2, -0.15) is 5.10 Å². The summed E-state index contributed by atoms with van der Waals surface area (Å²) in [5, 5.41) is 4.98. The molecule has 0 atom stereocenters. The zero-order valence-electron chi connectivity index (χ0n) is 17.1. The van der Waals surface area contributed by atoms with E-state index in [9.17, 15) is 0 Å². The molecule has 4 aromatic rings. The Balaban J connectivity index is 1.69. The Morgan fingerprint density at radius 2 is 1.79 bits per heavy atom. The fourth-order valence-corrected chi connectivity index (χ4v) is 3.49. The van der Waals surface area contributed by atoms with Crippen LogP contribution in [0.1, 0.15) is 22.4 Å². The van der Waals surface area contributed by atoms with E-state index >= 15 is 0 Å². The number of nitrogens with zero attached hydrogens (tertiary/aromatic N) is 5. The molecule has 0 aliphatic heterocycles. The van der Waals surface area contributed by atoms with Gasteiger partial charge in [-0.05, 0) is 44.2 Å². The van der Waals surface area contributed by atoms with Gasteiger partial charge in [0.05, 0.1) is 17.1 Å². The second-order valence-electron chi connectivity index (χ2n) is 7.48. The molecule has 0 amide bonds. The molecule has 0 spiro atoms. The first-order chi connectivity index (χ1) is 14.1. The molecule has 0 N–H and O–H groups in total. The maximum atomic E-state index is 4.98. The first kappa shape index (κ1) is 19.0. The molecule has 146 valence electrons. The van der Waals surface area contributed by atoms with Crippen molar-refractivity contribution in [2.75, 3.05) is 7.05 Å². The van der Waals surface area contributed by atoms with Crippen molar-refractivity contribution in [2.24, 2.45) is 0 Å². The van der Waals surface area contributed by atoms with E-state index in [1.807, 2.05) is 16.8 Å². The molecule has 2 heterocycles. The molecule has 29 heavy (non-hydrogen) atoms. The van der Waals surface area contributed by atoms with Gasteiger partial charge in [0, 0.05) is 36.6 Å². The predicted octanol–water partition coefficient (Wildman–Crippen LogP) is 4.58. The minimum absolute atomic E-state index is 0.755. The number of benzene rings is 2. The van der Waals surface area contributed by atoms with Crippen LogP contribution in [0.3, 0.4) is 0 Å². The van der Waals surface area contributed by atoms with Gasteiger partial charge in [-0.15, -0.1) is 0 Å². The summed E-state index contributed by atoms with van der Waals surface area (Å²) in [6, 6.07) is 18.8. The third kappa shape index (κ3) is 4.41. The van der Waals surface area contributed by atoms with Crippen LogP contribution in [0.25, 0.3) is 16.9 Å². The van der Waals surface area contributed by atoms with E-state index in [1.54, 1.807) is 12.5 Å². The average molecular weight is 383 g/mol. The fourth-order valence-electron chi connectivity index (χ4n) is 3.49. The lowest BCUT2D eigenvalue weighted by Crippen LogP contribution is -2.18. The molecule has 5 heteroatoms. The van der Waals surface area contributed by atoms with Gasteiger partial charge >= 0.3 is 0 Å². The number of hydrogen-bond acceptors (Lipinski definition) is 4. The summed E-state index contributed by atoms with van der Waals surface area (Å²) in [5.41, 5.74) is 7.89. The molecule has 0 aliphatic rings. The summed E-state index contributed by atoms with van der Waals surface area (Å²) in [6.07, 6.45) is 5.53. The van der Waals surface area contributed by atoms with E-state index < -0.39 is 0 Å². The van der Waals surface area contributed by atoms with E-state index in [4.69, 9.17) is 5.10 Å². The zero-order chi connectivity index (χ0) is 20.2. The minimum Gasteiger partial charge on any atom is -0.296 e. The molecular weight excluding hydrogens is 358 g/mol. The SMILES string of the molecule is Cc1ccc(C)c(-n2cc(CN(C)Cc3ccncn3)c(-c3ccccc3)n2)c1. The van der Waals surface area contributed by atoms with Gasteiger partial charge in [0.15, 0.2) is 0 Å². The molecule has 0 fully saturated rings. The third-order valence-corrected chi connectivity index (χ3v) is 4.96. The fraction of sp³-hybridized carbons (Fsp3) is 0.208. The van der Waals surface area contributed by atoms with Crippen molar-refractivity contribution in [3.8, 4) is 16.9 Å². The number of aryl methyl sites for hydroxylation is 2. The Morgan fingerprint density at radius 3 is 2.55 bits per heavy atom. The van der Waals surface area contributed by atoms with Crippen LogP contribution in [0.15, 0.2) is 73.3 Å².